The Morgan fingerprint density at radius 2 is 2.00 bits per heavy atom. The summed E-state index contributed by atoms with van der Waals surface area (Å²) in [5.74, 6) is -1.67. The number of amides is 1. The van der Waals surface area contributed by atoms with E-state index in [2.05, 4.69) is 5.10 Å². The molecule has 1 atom stereocenters. The predicted molar refractivity (Wildman–Crippen MR) is 80.0 cm³/mol. The number of halogens is 1. The lowest BCUT2D eigenvalue weighted by Gasteiger charge is -2.21. The molecule has 1 aromatic carbocycles. The second-order valence-corrected chi connectivity index (χ2v) is 5.53. The van der Waals surface area contributed by atoms with Crippen molar-refractivity contribution >= 4 is 11.9 Å². The summed E-state index contributed by atoms with van der Waals surface area (Å²) in [7, 11) is 0. The van der Waals surface area contributed by atoms with Crippen LogP contribution in [-0.2, 0) is 4.79 Å². The third-order valence-corrected chi connectivity index (χ3v) is 4.11. The molecular weight excluding hydrogens is 301 g/mol. The van der Waals surface area contributed by atoms with E-state index < -0.39 is 12.0 Å². The average molecular weight is 317 g/mol. The third kappa shape index (κ3) is 2.69. The zero-order valence-electron chi connectivity index (χ0n) is 12.6. The molecule has 1 aromatic heterocycles. The maximum absolute atomic E-state index is 13.0. The summed E-state index contributed by atoms with van der Waals surface area (Å²) in [6, 6.07) is 4.99. The van der Waals surface area contributed by atoms with Gasteiger partial charge in [-0.2, -0.15) is 5.10 Å². The molecule has 1 amide bonds. The summed E-state index contributed by atoms with van der Waals surface area (Å²) in [4.78, 5) is 25.2. The van der Waals surface area contributed by atoms with Crippen molar-refractivity contribution < 1.29 is 19.1 Å². The van der Waals surface area contributed by atoms with Crippen LogP contribution in [0.25, 0.3) is 5.69 Å². The van der Waals surface area contributed by atoms with Crippen LogP contribution in [0.1, 0.15) is 28.9 Å². The molecule has 1 saturated heterocycles. The van der Waals surface area contributed by atoms with E-state index in [0.29, 0.717) is 36.3 Å². The smallest absolute Gasteiger partial charge is 0.326 e. The van der Waals surface area contributed by atoms with Gasteiger partial charge in [-0.15, -0.1) is 0 Å². The molecule has 23 heavy (non-hydrogen) atoms. The highest BCUT2D eigenvalue weighted by Crippen LogP contribution is 2.23. The molecule has 0 saturated carbocycles. The Labute approximate surface area is 132 Å². The molecule has 7 heteroatoms. The van der Waals surface area contributed by atoms with Crippen LogP contribution >= 0.6 is 0 Å². The Balaban J connectivity index is 1.91. The maximum atomic E-state index is 13.0. The van der Waals surface area contributed by atoms with E-state index in [1.807, 2.05) is 0 Å². The van der Waals surface area contributed by atoms with Crippen LogP contribution in [0.3, 0.4) is 0 Å². The average Bonchev–Trinajstić information content (AvgIpc) is 3.14. The minimum Gasteiger partial charge on any atom is -0.480 e. The summed E-state index contributed by atoms with van der Waals surface area (Å²) in [6.45, 7) is 2.16. The molecule has 1 aliphatic rings. The first-order chi connectivity index (χ1) is 11.0. The van der Waals surface area contributed by atoms with Crippen molar-refractivity contribution in [2.24, 2.45) is 0 Å². The van der Waals surface area contributed by atoms with Crippen molar-refractivity contribution in [1.29, 1.82) is 0 Å². The number of carboxylic acid groups (broad SMARTS) is 1. The fourth-order valence-corrected chi connectivity index (χ4v) is 2.88. The maximum Gasteiger partial charge on any atom is 0.326 e. The molecule has 0 bridgehead atoms. The molecule has 0 aliphatic carbocycles. The Kier molecular flexibility index (Phi) is 3.85. The molecule has 6 nitrogen and oxygen atoms in total. The monoisotopic (exact) mass is 317 g/mol. The van der Waals surface area contributed by atoms with Gasteiger partial charge in [0, 0.05) is 6.54 Å². The lowest BCUT2D eigenvalue weighted by atomic mass is 10.2. The van der Waals surface area contributed by atoms with Gasteiger partial charge in [-0.05, 0) is 44.0 Å². The first kappa shape index (κ1) is 15.2. The van der Waals surface area contributed by atoms with Gasteiger partial charge in [-0.3, -0.25) is 4.79 Å². The quantitative estimate of drug-likeness (QED) is 0.939. The molecule has 1 aliphatic heterocycles. The van der Waals surface area contributed by atoms with Crippen molar-refractivity contribution in [1.82, 2.24) is 14.7 Å². The number of carbonyl (C=O) groups excluding carboxylic acids is 1. The van der Waals surface area contributed by atoms with Crippen molar-refractivity contribution in [3.05, 3.63) is 47.5 Å². The Morgan fingerprint density at radius 3 is 2.65 bits per heavy atom. The molecular formula is C16H16FN3O3. The largest absolute Gasteiger partial charge is 0.480 e. The first-order valence-electron chi connectivity index (χ1n) is 7.33. The van der Waals surface area contributed by atoms with Gasteiger partial charge in [0.15, 0.2) is 0 Å². The van der Waals surface area contributed by atoms with Gasteiger partial charge in [0.1, 0.15) is 11.9 Å². The van der Waals surface area contributed by atoms with E-state index in [0.717, 1.165) is 0 Å². The van der Waals surface area contributed by atoms with Crippen molar-refractivity contribution in [2.45, 2.75) is 25.8 Å². The van der Waals surface area contributed by atoms with Crippen LogP contribution in [-0.4, -0.2) is 44.3 Å². The van der Waals surface area contributed by atoms with E-state index in [-0.39, 0.29) is 11.7 Å². The van der Waals surface area contributed by atoms with Crippen molar-refractivity contribution in [3.8, 4) is 5.69 Å². The highest BCUT2D eigenvalue weighted by Gasteiger charge is 2.35. The minimum atomic E-state index is -0.987. The fraction of sp³-hybridized carbons (Fsp3) is 0.312. The number of rotatable bonds is 3. The van der Waals surface area contributed by atoms with Gasteiger partial charge in [-0.25, -0.2) is 13.9 Å². The molecule has 2 heterocycles. The Morgan fingerprint density at radius 1 is 1.30 bits per heavy atom. The molecule has 120 valence electrons. The highest BCUT2D eigenvalue weighted by molar-refractivity contribution is 5.97. The summed E-state index contributed by atoms with van der Waals surface area (Å²) in [5.41, 5.74) is 1.60. The van der Waals surface area contributed by atoms with Gasteiger partial charge < -0.3 is 10.0 Å². The van der Waals surface area contributed by atoms with E-state index in [4.69, 9.17) is 0 Å². The summed E-state index contributed by atoms with van der Waals surface area (Å²) in [5, 5.41) is 13.4. The van der Waals surface area contributed by atoms with Crippen LogP contribution in [0.2, 0.25) is 0 Å². The van der Waals surface area contributed by atoms with Gasteiger partial charge in [-0.1, -0.05) is 0 Å². The molecule has 0 unspecified atom stereocenters. The Hall–Kier alpha value is -2.70. The number of aliphatic carboxylic acids is 1. The van der Waals surface area contributed by atoms with E-state index in [9.17, 15) is 19.1 Å². The third-order valence-electron chi connectivity index (χ3n) is 4.11. The molecule has 0 radical (unpaired) electrons. The number of benzene rings is 1. The second kappa shape index (κ2) is 5.83. The topological polar surface area (TPSA) is 75.4 Å². The molecule has 1 N–H and O–H groups in total. The van der Waals surface area contributed by atoms with Gasteiger partial charge >= 0.3 is 5.97 Å². The zero-order valence-corrected chi connectivity index (χ0v) is 12.6. The number of carbonyl (C=O) groups is 2. The van der Waals surface area contributed by atoms with E-state index in [1.54, 1.807) is 23.7 Å². The van der Waals surface area contributed by atoms with Crippen molar-refractivity contribution in [3.63, 3.8) is 0 Å². The zero-order chi connectivity index (χ0) is 16.6. The first-order valence-corrected chi connectivity index (χ1v) is 7.33. The molecule has 0 spiro atoms. The minimum absolute atomic E-state index is 0.333. The standard InChI is InChI=1S/C16H16FN3O3/c1-10-13(15(21)19-8-2-3-14(19)16(22)23)9-18-20(10)12-6-4-11(17)5-7-12/h4-7,9,14H,2-3,8H2,1H3,(H,22,23)/t14-/m0/s1. The lowest BCUT2D eigenvalue weighted by Crippen LogP contribution is -2.40. The number of likely N-dealkylation sites (tertiary alicyclic amines) is 1. The second-order valence-electron chi connectivity index (χ2n) is 5.53. The summed E-state index contributed by atoms with van der Waals surface area (Å²) in [6.07, 6.45) is 2.57. The van der Waals surface area contributed by atoms with Gasteiger partial charge in [0.2, 0.25) is 0 Å². The normalized spacial score (nSPS) is 17.5. The van der Waals surface area contributed by atoms with E-state index >= 15 is 0 Å². The SMILES string of the molecule is Cc1c(C(=O)N2CCC[C@H]2C(=O)O)cnn1-c1ccc(F)cc1. The van der Waals surface area contributed by atoms with Crippen molar-refractivity contribution in [2.75, 3.05) is 6.54 Å². The Bertz CT molecular complexity index is 754. The number of hydrogen-bond acceptors (Lipinski definition) is 3. The van der Waals surface area contributed by atoms with Gasteiger partial charge in [0.25, 0.3) is 5.91 Å². The summed E-state index contributed by atoms with van der Waals surface area (Å²) >= 11 is 0. The predicted octanol–water partition coefficient (Wildman–Crippen LogP) is 2.01. The van der Waals surface area contributed by atoms with Gasteiger partial charge in [0.05, 0.1) is 23.1 Å². The van der Waals surface area contributed by atoms with Crippen LogP contribution in [0.4, 0.5) is 4.39 Å². The molecule has 3 rings (SSSR count). The number of carboxylic acids is 1. The number of nitrogens with zero attached hydrogens (tertiary/aromatic N) is 3. The van der Waals surface area contributed by atoms with Crippen LogP contribution in [0, 0.1) is 12.7 Å². The summed E-state index contributed by atoms with van der Waals surface area (Å²) < 4.78 is 14.6. The van der Waals surface area contributed by atoms with Crippen LogP contribution in [0.15, 0.2) is 30.5 Å². The molecule has 2 aromatic rings. The lowest BCUT2D eigenvalue weighted by molar-refractivity contribution is -0.141. The van der Waals surface area contributed by atoms with Crippen LogP contribution in [0.5, 0.6) is 0 Å². The van der Waals surface area contributed by atoms with Crippen LogP contribution < -0.4 is 0 Å². The molecule has 1 fully saturated rings. The van der Waals surface area contributed by atoms with E-state index in [1.165, 1.54) is 23.2 Å². The highest BCUT2D eigenvalue weighted by atomic mass is 19.1. The number of hydrogen-bond donors (Lipinski definition) is 1. The fourth-order valence-electron chi connectivity index (χ4n) is 2.88. The number of aromatic nitrogens is 2.